The lowest BCUT2D eigenvalue weighted by Crippen LogP contribution is -2.36. The van der Waals surface area contributed by atoms with Crippen molar-refractivity contribution in [3.63, 3.8) is 0 Å². The number of rotatable bonds is 5. The van der Waals surface area contributed by atoms with Gasteiger partial charge in [0, 0.05) is 5.56 Å². The number of aromatic nitrogens is 1. The Morgan fingerprint density at radius 3 is 2.24 bits per heavy atom. The third-order valence-electron chi connectivity index (χ3n) is 2.69. The Bertz CT molecular complexity index is 492. The normalized spacial score (nSPS) is 14.0. The molecular formula is C14H26N2O4S. The topological polar surface area (TPSA) is 92.4 Å². The van der Waals surface area contributed by atoms with Crippen molar-refractivity contribution < 1.29 is 18.6 Å². The van der Waals surface area contributed by atoms with Crippen molar-refractivity contribution in [2.75, 3.05) is 0 Å². The molecule has 0 bridgehead atoms. The predicted octanol–water partition coefficient (Wildman–Crippen LogP) is 2.89. The van der Waals surface area contributed by atoms with Gasteiger partial charge in [0.25, 0.3) is 0 Å². The van der Waals surface area contributed by atoms with Crippen LogP contribution in [0.4, 0.5) is 0 Å². The van der Waals surface area contributed by atoms with E-state index in [2.05, 4.69) is 9.88 Å². The molecule has 2 atom stereocenters. The highest BCUT2D eigenvalue weighted by Gasteiger charge is 2.28. The summed E-state index contributed by atoms with van der Waals surface area (Å²) >= 11 is 0. The summed E-state index contributed by atoms with van der Waals surface area (Å²) in [6, 6.07) is -0.654. The first-order chi connectivity index (χ1) is 9.62. The van der Waals surface area contributed by atoms with E-state index in [1.807, 2.05) is 34.6 Å². The van der Waals surface area contributed by atoms with Gasteiger partial charge in [-0.1, -0.05) is 19.0 Å². The maximum atomic E-state index is 12.1. The van der Waals surface area contributed by atoms with Crippen LogP contribution in [0, 0.1) is 13.8 Å². The van der Waals surface area contributed by atoms with Gasteiger partial charge < -0.3 is 9.63 Å². The number of hydrogen-bond donors (Lipinski definition) is 2. The Balaban J connectivity index is 0.00000191. The quantitative estimate of drug-likeness (QED) is 0.871. The Morgan fingerprint density at radius 2 is 1.90 bits per heavy atom. The first-order valence-electron chi connectivity index (χ1n) is 6.95. The highest BCUT2D eigenvalue weighted by Crippen LogP contribution is 2.25. The molecule has 0 radical (unpaired) electrons. The second-order valence-electron chi connectivity index (χ2n) is 5.41. The molecule has 6 nitrogen and oxygen atoms in total. The molecule has 0 spiro atoms. The van der Waals surface area contributed by atoms with Gasteiger partial charge in [-0.05, 0) is 34.6 Å². The minimum absolute atomic E-state index is 0.211. The van der Waals surface area contributed by atoms with Crippen molar-refractivity contribution in [2.24, 2.45) is 0 Å². The lowest BCUT2D eigenvalue weighted by molar-refractivity contribution is -0.137. The second-order valence-corrected chi connectivity index (χ2v) is 7.40. The third kappa shape index (κ3) is 5.97. The summed E-state index contributed by atoms with van der Waals surface area (Å²) in [5.41, 5.74) is 1.48. The fourth-order valence-electron chi connectivity index (χ4n) is 1.43. The third-order valence-corrected chi connectivity index (χ3v) is 4.30. The van der Waals surface area contributed by atoms with Crippen molar-refractivity contribution in [1.29, 1.82) is 0 Å². The van der Waals surface area contributed by atoms with E-state index < -0.39 is 27.7 Å². The maximum absolute atomic E-state index is 12.1. The highest BCUT2D eigenvalue weighted by molar-refractivity contribution is 7.84. The molecule has 1 rings (SSSR count). The van der Waals surface area contributed by atoms with Gasteiger partial charge in [0.1, 0.15) is 0 Å². The van der Waals surface area contributed by atoms with Gasteiger partial charge in [-0.2, -0.15) is 0 Å². The van der Waals surface area contributed by atoms with Gasteiger partial charge in [-0.3, -0.25) is 4.79 Å². The minimum atomic E-state index is -1.38. The molecule has 0 saturated heterocycles. The van der Waals surface area contributed by atoms with Gasteiger partial charge in [-0.25, -0.2) is 8.93 Å². The molecular weight excluding hydrogens is 292 g/mol. The largest absolute Gasteiger partial charge is 0.481 e. The first kappa shape index (κ1) is 19.8. The van der Waals surface area contributed by atoms with Crippen LogP contribution in [0.1, 0.15) is 64.1 Å². The van der Waals surface area contributed by atoms with E-state index in [1.165, 1.54) is 0 Å². The van der Waals surface area contributed by atoms with Crippen LogP contribution in [-0.4, -0.2) is 25.2 Å². The molecule has 0 aliphatic carbocycles. The van der Waals surface area contributed by atoms with Crippen LogP contribution in [0.5, 0.6) is 0 Å². The molecule has 0 aliphatic rings. The van der Waals surface area contributed by atoms with Crippen molar-refractivity contribution >= 4 is 17.0 Å². The highest BCUT2D eigenvalue weighted by atomic mass is 32.2. The van der Waals surface area contributed by atoms with E-state index in [0.29, 0.717) is 11.5 Å². The molecule has 0 amide bonds. The van der Waals surface area contributed by atoms with Crippen LogP contribution in [0.2, 0.25) is 0 Å². The van der Waals surface area contributed by atoms with E-state index in [0.717, 1.165) is 5.56 Å². The molecule has 0 saturated carbocycles. The van der Waals surface area contributed by atoms with Gasteiger partial charge in [-0.15, -0.1) is 0 Å². The summed E-state index contributed by atoms with van der Waals surface area (Å²) in [6.45, 7) is 13.0. The molecule has 0 aliphatic heterocycles. The molecule has 1 heterocycles. The predicted molar refractivity (Wildman–Crippen MR) is 83.3 cm³/mol. The zero-order valence-corrected chi connectivity index (χ0v) is 14.6. The molecule has 0 fully saturated rings. The van der Waals surface area contributed by atoms with Crippen LogP contribution in [-0.2, 0) is 15.8 Å². The molecule has 2 N–H and O–H groups in total. The fourth-order valence-corrected chi connectivity index (χ4v) is 2.23. The molecule has 1 aromatic heterocycles. The zero-order valence-electron chi connectivity index (χ0n) is 13.8. The average molecular weight is 318 g/mol. The van der Waals surface area contributed by atoms with Gasteiger partial charge >= 0.3 is 5.97 Å². The van der Waals surface area contributed by atoms with Crippen molar-refractivity contribution in [1.82, 2.24) is 9.88 Å². The Kier molecular flexibility index (Phi) is 7.81. The second kappa shape index (κ2) is 8.29. The van der Waals surface area contributed by atoms with Gasteiger partial charge in [0.05, 0.1) is 33.9 Å². The summed E-state index contributed by atoms with van der Waals surface area (Å²) in [5, 5.41) is 12.8. The number of carboxylic acid groups (broad SMARTS) is 1. The van der Waals surface area contributed by atoms with Crippen LogP contribution >= 0.6 is 0 Å². The number of aryl methyl sites for hydroxylation is 1. The SMILES string of the molecule is CC.Cc1noc(C(CC(=O)O)NS(=O)C(C)(C)C)c1C. The summed E-state index contributed by atoms with van der Waals surface area (Å²) in [7, 11) is -1.38. The monoisotopic (exact) mass is 318 g/mol. The van der Waals surface area contributed by atoms with E-state index >= 15 is 0 Å². The van der Waals surface area contributed by atoms with Crippen LogP contribution < -0.4 is 4.72 Å². The lowest BCUT2D eigenvalue weighted by Gasteiger charge is -2.22. The molecule has 2 unspecified atom stereocenters. The minimum Gasteiger partial charge on any atom is -0.481 e. The molecule has 122 valence electrons. The number of nitrogens with one attached hydrogen (secondary N) is 1. The maximum Gasteiger partial charge on any atom is 0.305 e. The number of carbonyl (C=O) groups is 1. The fraction of sp³-hybridized carbons (Fsp3) is 0.714. The number of aliphatic carboxylic acids is 1. The Morgan fingerprint density at radius 1 is 1.38 bits per heavy atom. The molecule has 0 aromatic carbocycles. The van der Waals surface area contributed by atoms with E-state index in [9.17, 15) is 9.00 Å². The van der Waals surface area contributed by atoms with E-state index in [-0.39, 0.29) is 6.42 Å². The summed E-state index contributed by atoms with van der Waals surface area (Å²) < 4.78 is 19.6. The number of carboxylic acids is 1. The van der Waals surface area contributed by atoms with E-state index in [1.54, 1.807) is 13.8 Å². The number of hydrogen-bond acceptors (Lipinski definition) is 4. The van der Waals surface area contributed by atoms with E-state index in [4.69, 9.17) is 9.63 Å². The van der Waals surface area contributed by atoms with Gasteiger partial charge in [0.2, 0.25) is 0 Å². The smallest absolute Gasteiger partial charge is 0.305 e. The average Bonchev–Trinajstić information content (AvgIpc) is 2.70. The van der Waals surface area contributed by atoms with Crippen molar-refractivity contribution in [2.45, 2.75) is 65.7 Å². The zero-order chi connectivity index (χ0) is 16.8. The first-order valence-corrected chi connectivity index (χ1v) is 8.10. The Labute approximate surface area is 128 Å². The summed E-state index contributed by atoms with van der Waals surface area (Å²) in [4.78, 5) is 10.9. The summed E-state index contributed by atoms with van der Waals surface area (Å²) in [6.07, 6.45) is -0.211. The number of nitrogens with zero attached hydrogens (tertiary/aromatic N) is 1. The Hall–Kier alpha value is -1.21. The van der Waals surface area contributed by atoms with Gasteiger partial charge in [0.15, 0.2) is 5.76 Å². The van der Waals surface area contributed by atoms with Crippen LogP contribution in [0.3, 0.4) is 0 Å². The molecule has 1 aromatic rings. The molecule has 7 heteroatoms. The van der Waals surface area contributed by atoms with Crippen molar-refractivity contribution in [3.05, 3.63) is 17.0 Å². The standard InChI is InChI=1S/C12H20N2O4S.C2H6/c1-7-8(2)13-18-11(7)9(6-10(15)16)14-19(17)12(3,4)5;1-2/h9,14H,6H2,1-5H3,(H,15,16);1-2H3. The lowest BCUT2D eigenvalue weighted by atomic mass is 10.1. The van der Waals surface area contributed by atoms with Crippen molar-refractivity contribution in [3.8, 4) is 0 Å². The summed E-state index contributed by atoms with van der Waals surface area (Å²) in [5.74, 6) is -0.561. The molecule has 21 heavy (non-hydrogen) atoms. The van der Waals surface area contributed by atoms with Crippen LogP contribution in [0.25, 0.3) is 0 Å². The van der Waals surface area contributed by atoms with Crippen LogP contribution in [0.15, 0.2) is 4.52 Å².